The molecule has 144 valence electrons. The highest BCUT2D eigenvalue weighted by atomic mass is 35.5. The van der Waals surface area contributed by atoms with Crippen LogP contribution in [0.5, 0.6) is 0 Å². The first kappa shape index (κ1) is 20.4. The van der Waals surface area contributed by atoms with Crippen molar-refractivity contribution in [2.45, 2.75) is 30.3 Å². The maximum atomic E-state index is 12.9. The van der Waals surface area contributed by atoms with E-state index in [0.717, 1.165) is 0 Å². The van der Waals surface area contributed by atoms with Crippen LogP contribution in [0.1, 0.15) is 18.4 Å². The van der Waals surface area contributed by atoms with E-state index in [4.69, 9.17) is 34.8 Å². The summed E-state index contributed by atoms with van der Waals surface area (Å²) in [6.07, 6.45) is 1.08. The summed E-state index contributed by atoms with van der Waals surface area (Å²) in [5, 5.41) is 4.17. The first-order chi connectivity index (χ1) is 12.8. The Hall–Kier alpha value is -1.31. The molecule has 5 nitrogen and oxygen atoms in total. The van der Waals surface area contributed by atoms with Gasteiger partial charge in [0.05, 0.1) is 4.90 Å². The molecule has 27 heavy (non-hydrogen) atoms. The number of nitrogens with one attached hydrogen (secondary N) is 1. The molecule has 1 saturated heterocycles. The maximum Gasteiger partial charge on any atom is 0.243 e. The molecule has 1 atom stereocenters. The Morgan fingerprint density at radius 1 is 1.07 bits per heavy atom. The van der Waals surface area contributed by atoms with Crippen molar-refractivity contribution in [2.75, 3.05) is 6.54 Å². The Labute approximate surface area is 173 Å². The van der Waals surface area contributed by atoms with Crippen molar-refractivity contribution >= 4 is 50.7 Å². The summed E-state index contributed by atoms with van der Waals surface area (Å²) in [6.45, 7) is 0.491. The Balaban J connectivity index is 1.73. The largest absolute Gasteiger partial charge is 0.351 e. The van der Waals surface area contributed by atoms with Crippen molar-refractivity contribution in [3.05, 3.63) is 63.1 Å². The fraction of sp³-hybridized carbons (Fsp3) is 0.278. The third-order valence-electron chi connectivity index (χ3n) is 4.39. The van der Waals surface area contributed by atoms with Crippen molar-refractivity contribution in [3.8, 4) is 0 Å². The zero-order chi connectivity index (χ0) is 19.6. The van der Waals surface area contributed by atoms with E-state index in [1.807, 2.05) is 0 Å². The van der Waals surface area contributed by atoms with E-state index < -0.39 is 16.1 Å². The summed E-state index contributed by atoms with van der Waals surface area (Å²) in [5.74, 6) is -0.351. The van der Waals surface area contributed by atoms with Crippen LogP contribution in [0.3, 0.4) is 0 Å². The average molecular weight is 448 g/mol. The molecule has 2 aromatic rings. The molecule has 9 heteroatoms. The number of sulfonamides is 1. The van der Waals surface area contributed by atoms with E-state index in [2.05, 4.69) is 5.32 Å². The number of nitrogens with zero attached hydrogens (tertiary/aromatic N) is 1. The van der Waals surface area contributed by atoms with Gasteiger partial charge in [-0.2, -0.15) is 4.31 Å². The Morgan fingerprint density at radius 3 is 2.41 bits per heavy atom. The molecular weight excluding hydrogens is 431 g/mol. The quantitative estimate of drug-likeness (QED) is 0.750. The van der Waals surface area contributed by atoms with E-state index in [1.165, 1.54) is 28.6 Å². The van der Waals surface area contributed by atoms with Crippen LogP contribution in [-0.2, 0) is 21.4 Å². The van der Waals surface area contributed by atoms with Gasteiger partial charge in [0.2, 0.25) is 15.9 Å². The molecule has 0 aliphatic carbocycles. The van der Waals surface area contributed by atoms with Gasteiger partial charge in [-0.1, -0.05) is 40.9 Å². The van der Waals surface area contributed by atoms with Crippen LogP contribution in [-0.4, -0.2) is 31.2 Å². The lowest BCUT2D eigenvalue weighted by molar-refractivity contribution is -0.124. The van der Waals surface area contributed by atoms with E-state index in [-0.39, 0.29) is 17.3 Å². The summed E-state index contributed by atoms with van der Waals surface area (Å²) in [4.78, 5) is 12.7. The molecule has 1 fully saturated rings. The third-order valence-corrected chi connectivity index (χ3v) is 7.16. The van der Waals surface area contributed by atoms with Gasteiger partial charge in [0.1, 0.15) is 6.04 Å². The molecule has 1 aliphatic heterocycles. The van der Waals surface area contributed by atoms with Gasteiger partial charge in [0.25, 0.3) is 0 Å². The number of hydrogen-bond acceptors (Lipinski definition) is 3. The molecular formula is C18H17Cl3N2O3S. The predicted molar refractivity (Wildman–Crippen MR) is 107 cm³/mol. The minimum atomic E-state index is -3.78. The molecule has 1 N–H and O–H groups in total. The fourth-order valence-electron chi connectivity index (χ4n) is 3.00. The second-order valence-corrected chi connectivity index (χ2v) is 9.35. The fourth-order valence-corrected chi connectivity index (χ4v) is 5.25. The lowest BCUT2D eigenvalue weighted by atomic mass is 10.2. The van der Waals surface area contributed by atoms with Crippen molar-refractivity contribution in [2.24, 2.45) is 0 Å². The topological polar surface area (TPSA) is 66.5 Å². The van der Waals surface area contributed by atoms with Crippen molar-refractivity contribution in [1.29, 1.82) is 0 Å². The summed E-state index contributed by atoms with van der Waals surface area (Å²) < 4.78 is 27.0. The molecule has 2 aromatic carbocycles. The van der Waals surface area contributed by atoms with Crippen LogP contribution in [0.25, 0.3) is 0 Å². The summed E-state index contributed by atoms with van der Waals surface area (Å²) >= 11 is 17.8. The second kappa shape index (κ2) is 8.37. The molecule has 1 aliphatic rings. The second-order valence-electron chi connectivity index (χ2n) is 6.18. The number of halogens is 3. The number of hydrogen-bond donors (Lipinski definition) is 1. The highest BCUT2D eigenvalue weighted by molar-refractivity contribution is 7.89. The first-order valence-corrected chi connectivity index (χ1v) is 10.9. The first-order valence-electron chi connectivity index (χ1n) is 8.28. The van der Waals surface area contributed by atoms with E-state index in [0.29, 0.717) is 40.0 Å². The van der Waals surface area contributed by atoms with E-state index in [9.17, 15) is 13.2 Å². The van der Waals surface area contributed by atoms with Crippen LogP contribution < -0.4 is 5.32 Å². The van der Waals surface area contributed by atoms with Gasteiger partial charge >= 0.3 is 0 Å². The predicted octanol–water partition coefficient (Wildman–Crippen LogP) is 4.12. The van der Waals surface area contributed by atoms with Gasteiger partial charge in [-0.05, 0) is 54.8 Å². The van der Waals surface area contributed by atoms with Crippen molar-refractivity contribution in [1.82, 2.24) is 9.62 Å². The van der Waals surface area contributed by atoms with Crippen LogP contribution in [0, 0.1) is 0 Å². The summed E-state index contributed by atoms with van der Waals surface area (Å²) in [7, 11) is -3.78. The van der Waals surface area contributed by atoms with Gasteiger partial charge in [-0.25, -0.2) is 8.42 Å². The van der Waals surface area contributed by atoms with Gasteiger partial charge in [-0.3, -0.25) is 4.79 Å². The Bertz CT molecular complexity index is 949. The van der Waals surface area contributed by atoms with Crippen LogP contribution in [0.15, 0.2) is 47.4 Å². The standard InChI is InChI=1S/C18H17Cl3N2O3S/c19-13-5-7-15(8-6-13)27(25,26)23-9-1-2-17(23)18(24)22-11-12-3-4-14(20)10-16(12)21/h3-8,10,17H,1-2,9,11H2,(H,22,24). The maximum absolute atomic E-state index is 12.9. The number of amides is 1. The lowest BCUT2D eigenvalue weighted by Crippen LogP contribution is -2.45. The lowest BCUT2D eigenvalue weighted by Gasteiger charge is -2.23. The SMILES string of the molecule is O=C(NCc1ccc(Cl)cc1Cl)C1CCCN1S(=O)(=O)c1ccc(Cl)cc1. The molecule has 0 bridgehead atoms. The van der Waals surface area contributed by atoms with Gasteiger partial charge in [-0.15, -0.1) is 0 Å². The highest BCUT2D eigenvalue weighted by Gasteiger charge is 2.39. The van der Waals surface area contributed by atoms with E-state index in [1.54, 1.807) is 18.2 Å². The van der Waals surface area contributed by atoms with Crippen molar-refractivity contribution in [3.63, 3.8) is 0 Å². The van der Waals surface area contributed by atoms with Crippen LogP contribution in [0.2, 0.25) is 15.1 Å². The molecule has 3 rings (SSSR count). The Kier molecular flexibility index (Phi) is 6.33. The monoisotopic (exact) mass is 446 g/mol. The Morgan fingerprint density at radius 2 is 1.74 bits per heavy atom. The van der Waals surface area contributed by atoms with Crippen molar-refractivity contribution < 1.29 is 13.2 Å². The third kappa shape index (κ3) is 4.58. The highest BCUT2D eigenvalue weighted by Crippen LogP contribution is 2.27. The minimum Gasteiger partial charge on any atom is -0.351 e. The smallest absolute Gasteiger partial charge is 0.243 e. The zero-order valence-corrected chi connectivity index (χ0v) is 17.2. The van der Waals surface area contributed by atoms with Crippen LogP contribution >= 0.6 is 34.8 Å². The number of carbonyl (C=O) groups is 1. The number of carbonyl (C=O) groups excluding carboxylic acids is 1. The normalized spacial score (nSPS) is 17.8. The minimum absolute atomic E-state index is 0.118. The van der Waals surface area contributed by atoms with Gasteiger partial charge in [0.15, 0.2) is 0 Å². The summed E-state index contributed by atoms with van der Waals surface area (Å²) in [5.41, 5.74) is 0.708. The summed E-state index contributed by atoms with van der Waals surface area (Å²) in [6, 6.07) is 10.2. The molecule has 0 radical (unpaired) electrons. The molecule has 1 amide bonds. The zero-order valence-electron chi connectivity index (χ0n) is 14.2. The number of rotatable bonds is 5. The van der Waals surface area contributed by atoms with Crippen LogP contribution in [0.4, 0.5) is 0 Å². The molecule has 0 saturated carbocycles. The molecule has 0 aromatic heterocycles. The average Bonchev–Trinajstić information content (AvgIpc) is 3.12. The molecule has 1 unspecified atom stereocenters. The molecule has 0 spiro atoms. The van der Waals surface area contributed by atoms with Gasteiger partial charge in [0, 0.05) is 28.2 Å². The van der Waals surface area contributed by atoms with E-state index >= 15 is 0 Å². The van der Waals surface area contributed by atoms with Gasteiger partial charge < -0.3 is 5.32 Å². The molecule has 1 heterocycles. The number of benzene rings is 2.